The summed E-state index contributed by atoms with van der Waals surface area (Å²) in [5, 5.41) is 29.8. The van der Waals surface area contributed by atoms with Crippen LogP contribution in [0, 0.1) is 11.3 Å². The fraction of sp³-hybridized carbons (Fsp3) is 0.0370. The Hall–Kier alpha value is -5.10. The minimum atomic E-state index is -0.264. The van der Waals surface area contributed by atoms with E-state index in [2.05, 4.69) is 20.7 Å². The van der Waals surface area contributed by atoms with Gasteiger partial charge in [-0.25, -0.2) is 4.98 Å². The van der Waals surface area contributed by atoms with Gasteiger partial charge in [-0.2, -0.15) is 14.9 Å². The van der Waals surface area contributed by atoms with E-state index in [1.54, 1.807) is 59.1 Å². The van der Waals surface area contributed by atoms with Crippen molar-refractivity contribution in [3.63, 3.8) is 0 Å². The first-order valence-corrected chi connectivity index (χ1v) is 11.1. The van der Waals surface area contributed by atoms with E-state index in [1.807, 2.05) is 30.3 Å². The van der Waals surface area contributed by atoms with Crippen molar-refractivity contribution < 1.29 is 9.90 Å². The van der Waals surface area contributed by atoms with Gasteiger partial charge in [-0.3, -0.25) is 4.79 Å². The number of fused-ring (bicyclic) bond motifs is 1. The van der Waals surface area contributed by atoms with Crippen LogP contribution in [0.15, 0.2) is 85.1 Å². The number of carbonyl (C=O) groups excluding carboxylic acids is 1. The van der Waals surface area contributed by atoms with E-state index >= 15 is 0 Å². The number of carbonyl (C=O) groups is 1. The van der Waals surface area contributed by atoms with Crippen molar-refractivity contribution in [1.29, 1.82) is 5.26 Å². The first kappa shape index (κ1) is 22.7. The maximum absolute atomic E-state index is 12.6. The lowest BCUT2D eigenvalue weighted by Crippen LogP contribution is -2.12. The molecule has 3 N–H and O–H groups in total. The van der Waals surface area contributed by atoms with Crippen LogP contribution in [0.25, 0.3) is 16.9 Å². The smallest absolute Gasteiger partial charge is 0.255 e. The number of rotatable bonds is 6. The highest BCUT2D eigenvalue weighted by Gasteiger charge is 2.13. The number of para-hydroxylation sites is 1. The molecule has 1 amide bonds. The Morgan fingerprint density at radius 1 is 1.06 bits per heavy atom. The number of benzene rings is 3. The van der Waals surface area contributed by atoms with Crippen molar-refractivity contribution in [2.24, 2.45) is 0 Å². The predicted molar refractivity (Wildman–Crippen MR) is 138 cm³/mol. The molecule has 0 saturated heterocycles. The second-order valence-corrected chi connectivity index (χ2v) is 8.08. The Balaban J connectivity index is 1.37. The average Bonchev–Trinajstić information content (AvgIpc) is 3.28. The van der Waals surface area contributed by atoms with E-state index in [-0.39, 0.29) is 11.7 Å². The molecule has 0 spiro atoms. The van der Waals surface area contributed by atoms with E-state index in [4.69, 9.17) is 13.1 Å². The van der Waals surface area contributed by atoms with Gasteiger partial charge in [0.05, 0.1) is 17.3 Å². The van der Waals surface area contributed by atoms with Gasteiger partial charge in [-0.1, -0.05) is 24.3 Å². The van der Waals surface area contributed by atoms with E-state index in [9.17, 15) is 9.90 Å². The van der Waals surface area contributed by atoms with Gasteiger partial charge in [-0.05, 0) is 59.6 Å². The summed E-state index contributed by atoms with van der Waals surface area (Å²) >= 11 is 0. The van der Waals surface area contributed by atoms with Gasteiger partial charge < -0.3 is 15.7 Å². The third-order valence-corrected chi connectivity index (χ3v) is 5.61. The molecule has 5 aromatic rings. The Kier molecular flexibility index (Phi) is 6.08. The van der Waals surface area contributed by atoms with Gasteiger partial charge in [0, 0.05) is 35.6 Å². The number of nitriles is 1. The zero-order valence-corrected chi connectivity index (χ0v) is 19.0. The topological polar surface area (TPSA) is 115 Å². The summed E-state index contributed by atoms with van der Waals surface area (Å²) in [5.74, 6) is 0.492. The highest BCUT2D eigenvalue weighted by Crippen LogP contribution is 2.29. The fourth-order valence-electron chi connectivity index (χ4n) is 3.79. The monoisotopic (exact) mass is 470 g/mol. The van der Waals surface area contributed by atoms with Crippen molar-refractivity contribution in [3.05, 3.63) is 102 Å². The van der Waals surface area contributed by atoms with Gasteiger partial charge in [0.15, 0.2) is 5.65 Å². The maximum atomic E-state index is 12.6. The maximum Gasteiger partial charge on any atom is 0.255 e. The molecule has 0 bridgehead atoms. The number of nitrogens with zero attached hydrogens (tertiary/aromatic N) is 4. The lowest BCUT2D eigenvalue weighted by atomic mass is 10.0. The summed E-state index contributed by atoms with van der Waals surface area (Å²) in [7, 11) is 6.08. The molecular weight excluding hydrogens is 451 g/mol. The molecule has 2 radical (unpaired) electrons. The molecule has 172 valence electrons. The number of hydrogen-bond donors (Lipinski definition) is 3. The van der Waals surface area contributed by atoms with Crippen molar-refractivity contribution in [3.8, 4) is 23.1 Å². The Morgan fingerprint density at radius 2 is 1.86 bits per heavy atom. The molecule has 0 saturated carbocycles. The van der Waals surface area contributed by atoms with Crippen LogP contribution < -0.4 is 16.1 Å². The number of phenolic OH excluding ortho intramolecular Hbond substituents is 1. The molecule has 0 unspecified atom stereocenters. The number of nitrogens with one attached hydrogen (secondary N) is 2. The Labute approximate surface area is 208 Å². The predicted octanol–water partition coefficient (Wildman–Crippen LogP) is 3.63. The van der Waals surface area contributed by atoms with Crippen molar-refractivity contribution in [1.82, 2.24) is 14.6 Å². The molecule has 36 heavy (non-hydrogen) atoms. The Morgan fingerprint density at radius 3 is 2.64 bits per heavy atom. The number of anilines is 2. The first-order chi connectivity index (χ1) is 17.5. The summed E-state index contributed by atoms with van der Waals surface area (Å²) in [6.45, 7) is 0.430. The van der Waals surface area contributed by atoms with Gasteiger partial charge in [0.25, 0.3) is 5.91 Å². The van der Waals surface area contributed by atoms with Crippen LogP contribution in [0.5, 0.6) is 5.75 Å². The van der Waals surface area contributed by atoms with Crippen LogP contribution in [0.4, 0.5) is 11.5 Å². The summed E-state index contributed by atoms with van der Waals surface area (Å²) in [6, 6.07) is 24.7. The number of hydrogen-bond acceptors (Lipinski definition) is 6. The number of aromatic nitrogens is 3. The van der Waals surface area contributed by atoms with E-state index in [1.165, 1.54) is 6.20 Å². The highest BCUT2D eigenvalue weighted by atomic mass is 16.3. The van der Waals surface area contributed by atoms with Gasteiger partial charge in [0.1, 0.15) is 19.4 Å². The third-order valence-electron chi connectivity index (χ3n) is 5.61. The minimum absolute atomic E-state index is 0.115. The summed E-state index contributed by atoms with van der Waals surface area (Å²) in [4.78, 5) is 17.2. The zero-order valence-electron chi connectivity index (χ0n) is 19.0. The molecule has 2 heterocycles. The number of aromatic hydroxyl groups is 1. The standard InChI is InChI=1S/C27H19BN6O2/c28-22-16-31-34-25(13-23(33-26(22)34)21-6-1-2-7-24(21)35)30-15-18-4-3-5-20(12-18)32-27(36)19-10-8-17(14-29)9-11-19/h1-13,16,30,35H,15H2,(H,32,36). The Bertz CT molecular complexity index is 1620. The van der Waals surface area contributed by atoms with Gasteiger partial charge in [-0.15, -0.1) is 0 Å². The van der Waals surface area contributed by atoms with Gasteiger partial charge >= 0.3 is 0 Å². The first-order valence-electron chi connectivity index (χ1n) is 11.1. The highest BCUT2D eigenvalue weighted by molar-refractivity contribution is 6.36. The summed E-state index contributed by atoms with van der Waals surface area (Å²) in [5.41, 5.74) is 4.54. The summed E-state index contributed by atoms with van der Waals surface area (Å²) in [6.07, 6.45) is 1.53. The molecule has 8 nitrogen and oxygen atoms in total. The third kappa shape index (κ3) is 4.61. The van der Waals surface area contributed by atoms with Crippen LogP contribution in [0.3, 0.4) is 0 Å². The summed E-state index contributed by atoms with van der Waals surface area (Å²) < 4.78 is 1.61. The van der Waals surface area contributed by atoms with Crippen LogP contribution in [0.1, 0.15) is 21.5 Å². The largest absolute Gasteiger partial charge is 0.507 e. The lowest BCUT2D eigenvalue weighted by Gasteiger charge is -2.13. The van der Waals surface area contributed by atoms with Crippen LogP contribution >= 0.6 is 0 Å². The molecule has 0 aliphatic carbocycles. The second kappa shape index (κ2) is 9.64. The molecule has 9 heteroatoms. The lowest BCUT2D eigenvalue weighted by molar-refractivity contribution is 0.102. The van der Waals surface area contributed by atoms with Crippen molar-refractivity contribution >= 4 is 36.4 Å². The fourth-order valence-corrected chi connectivity index (χ4v) is 3.79. The van der Waals surface area contributed by atoms with Crippen molar-refractivity contribution in [2.45, 2.75) is 6.54 Å². The average molecular weight is 470 g/mol. The van der Waals surface area contributed by atoms with Crippen LogP contribution in [0.2, 0.25) is 0 Å². The van der Waals surface area contributed by atoms with Crippen LogP contribution in [-0.4, -0.2) is 33.5 Å². The number of phenols is 1. The SMILES string of the molecule is [B]c1cnn2c(NCc3cccc(NC(=O)c4ccc(C#N)cc4)c3)cc(-c3ccccc3O)nc12. The van der Waals surface area contributed by atoms with E-state index in [0.29, 0.717) is 51.5 Å². The van der Waals surface area contributed by atoms with E-state index in [0.717, 1.165) is 5.56 Å². The quantitative estimate of drug-likeness (QED) is 0.327. The van der Waals surface area contributed by atoms with Gasteiger partial charge in [0.2, 0.25) is 0 Å². The molecule has 3 aromatic carbocycles. The normalized spacial score (nSPS) is 10.6. The second-order valence-electron chi connectivity index (χ2n) is 8.08. The number of amides is 1. The van der Waals surface area contributed by atoms with Crippen LogP contribution in [-0.2, 0) is 6.54 Å². The molecule has 0 aliphatic rings. The zero-order chi connectivity index (χ0) is 25.1. The molecular formula is C27H19BN6O2. The molecule has 0 atom stereocenters. The molecule has 2 aromatic heterocycles. The van der Waals surface area contributed by atoms with E-state index < -0.39 is 0 Å². The minimum Gasteiger partial charge on any atom is -0.507 e. The molecule has 5 rings (SSSR count). The molecule has 0 aliphatic heterocycles. The molecule has 0 fully saturated rings. The van der Waals surface area contributed by atoms with Crippen molar-refractivity contribution in [2.75, 3.05) is 10.6 Å².